The Balaban J connectivity index is 2.74. The number of Topliss-reactive ketones (excluding diaryl/α,β-unsaturated/α-hetero) is 1. The SMILES string of the molecule is CC(C)Cc1ccc(C(C)C(=O)CC#N)cc1. The van der Waals surface area contributed by atoms with Crippen LogP contribution in [0, 0.1) is 17.2 Å². The van der Waals surface area contributed by atoms with Gasteiger partial charge in [-0.05, 0) is 23.5 Å². The lowest BCUT2D eigenvalue weighted by Gasteiger charge is -2.10. The predicted molar refractivity (Wildman–Crippen MR) is 68.6 cm³/mol. The lowest BCUT2D eigenvalue weighted by Crippen LogP contribution is -2.08. The Hall–Kier alpha value is -1.62. The normalized spacial score (nSPS) is 12.2. The highest BCUT2D eigenvalue weighted by atomic mass is 16.1. The summed E-state index contributed by atoms with van der Waals surface area (Å²) in [6, 6.07) is 10.1. The van der Waals surface area contributed by atoms with Crippen LogP contribution in [-0.2, 0) is 11.2 Å². The van der Waals surface area contributed by atoms with Gasteiger partial charge in [-0.15, -0.1) is 0 Å². The number of ketones is 1. The zero-order valence-electron chi connectivity index (χ0n) is 10.7. The molecule has 0 aliphatic carbocycles. The first-order chi connectivity index (χ1) is 8.04. The van der Waals surface area contributed by atoms with Crippen LogP contribution in [0.25, 0.3) is 0 Å². The van der Waals surface area contributed by atoms with Crippen molar-refractivity contribution in [3.63, 3.8) is 0 Å². The number of carbonyl (C=O) groups is 1. The molecule has 1 aromatic rings. The lowest BCUT2D eigenvalue weighted by molar-refractivity contribution is -0.119. The predicted octanol–water partition coefficient (Wildman–Crippen LogP) is 3.47. The van der Waals surface area contributed by atoms with Gasteiger partial charge in [-0.25, -0.2) is 0 Å². The molecule has 0 saturated heterocycles. The van der Waals surface area contributed by atoms with Crippen molar-refractivity contribution in [2.24, 2.45) is 5.92 Å². The fourth-order valence-electron chi connectivity index (χ4n) is 1.83. The molecule has 0 aliphatic heterocycles. The van der Waals surface area contributed by atoms with Gasteiger partial charge in [0, 0.05) is 5.92 Å². The Bertz CT molecular complexity index is 412. The van der Waals surface area contributed by atoms with Gasteiger partial charge in [0.2, 0.25) is 0 Å². The third-order valence-electron chi connectivity index (χ3n) is 2.86. The molecular weight excluding hydrogens is 210 g/mol. The van der Waals surface area contributed by atoms with Crippen molar-refractivity contribution in [1.82, 2.24) is 0 Å². The minimum atomic E-state index is -0.178. The van der Waals surface area contributed by atoms with E-state index < -0.39 is 0 Å². The largest absolute Gasteiger partial charge is 0.298 e. The Morgan fingerprint density at radius 3 is 2.29 bits per heavy atom. The van der Waals surface area contributed by atoms with Gasteiger partial charge in [-0.3, -0.25) is 4.79 Å². The number of benzene rings is 1. The summed E-state index contributed by atoms with van der Waals surface area (Å²) in [6.45, 7) is 6.23. The first-order valence-corrected chi connectivity index (χ1v) is 6.03. The zero-order valence-corrected chi connectivity index (χ0v) is 10.7. The standard InChI is InChI=1S/C15H19NO/c1-11(2)10-13-4-6-14(7-5-13)12(3)15(17)8-9-16/h4-7,11-12H,8,10H2,1-3H3. The Labute approximate surface area is 103 Å². The summed E-state index contributed by atoms with van der Waals surface area (Å²) in [4.78, 5) is 11.6. The van der Waals surface area contributed by atoms with E-state index in [2.05, 4.69) is 26.0 Å². The third-order valence-corrected chi connectivity index (χ3v) is 2.86. The molecule has 0 radical (unpaired) electrons. The van der Waals surface area contributed by atoms with E-state index in [0.29, 0.717) is 5.92 Å². The Morgan fingerprint density at radius 2 is 1.82 bits per heavy atom. The van der Waals surface area contributed by atoms with E-state index in [0.717, 1.165) is 12.0 Å². The van der Waals surface area contributed by atoms with Gasteiger partial charge in [0.25, 0.3) is 0 Å². The number of hydrogen-bond donors (Lipinski definition) is 0. The molecule has 1 unspecified atom stereocenters. The van der Waals surface area contributed by atoms with Crippen LogP contribution in [-0.4, -0.2) is 5.78 Å². The molecule has 1 rings (SSSR count). The van der Waals surface area contributed by atoms with Crippen molar-refractivity contribution in [3.05, 3.63) is 35.4 Å². The molecule has 0 saturated carbocycles. The average Bonchev–Trinajstić information content (AvgIpc) is 2.28. The minimum Gasteiger partial charge on any atom is -0.298 e. The van der Waals surface area contributed by atoms with E-state index in [4.69, 9.17) is 5.26 Å². The molecule has 0 aliphatic rings. The van der Waals surface area contributed by atoms with Crippen LogP contribution in [0.15, 0.2) is 24.3 Å². The molecule has 0 fully saturated rings. The summed E-state index contributed by atoms with van der Waals surface area (Å²) in [5, 5.41) is 8.50. The van der Waals surface area contributed by atoms with Gasteiger partial charge < -0.3 is 0 Å². The van der Waals surface area contributed by atoms with Gasteiger partial charge in [0.15, 0.2) is 5.78 Å². The zero-order chi connectivity index (χ0) is 12.8. The molecule has 0 amide bonds. The Kier molecular flexibility index (Phi) is 4.90. The quantitative estimate of drug-likeness (QED) is 0.775. The minimum absolute atomic E-state index is 0.00505. The second-order valence-electron chi connectivity index (χ2n) is 4.86. The van der Waals surface area contributed by atoms with Crippen LogP contribution in [0.2, 0.25) is 0 Å². The number of rotatable bonds is 5. The highest BCUT2D eigenvalue weighted by Gasteiger charge is 2.14. The van der Waals surface area contributed by atoms with Crippen LogP contribution in [0.1, 0.15) is 44.2 Å². The highest BCUT2D eigenvalue weighted by Crippen LogP contribution is 2.19. The first kappa shape index (κ1) is 13.4. The molecule has 1 atom stereocenters. The summed E-state index contributed by atoms with van der Waals surface area (Å²) in [5.74, 6) is 0.449. The van der Waals surface area contributed by atoms with E-state index in [9.17, 15) is 4.79 Å². The molecule has 0 N–H and O–H groups in total. The summed E-state index contributed by atoms with van der Waals surface area (Å²) in [7, 11) is 0. The van der Waals surface area contributed by atoms with E-state index in [-0.39, 0.29) is 18.1 Å². The van der Waals surface area contributed by atoms with Crippen molar-refractivity contribution in [3.8, 4) is 6.07 Å². The topological polar surface area (TPSA) is 40.9 Å². The lowest BCUT2D eigenvalue weighted by atomic mass is 9.93. The molecule has 0 spiro atoms. The maximum absolute atomic E-state index is 11.6. The van der Waals surface area contributed by atoms with Crippen LogP contribution >= 0.6 is 0 Å². The van der Waals surface area contributed by atoms with Crippen molar-refractivity contribution in [1.29, 1.82) is 5.26 Å². The maximum atomic E-state index is 11.6. The molecule has 2 nitrogen and oxygen atoms in total. The van der Waals surface area contributed by atoms with Gasteiger partial charge in [0.05, 0.1) is 12.5 Å². The van der Waals surface area contributed by atoms with Gasteiger partial charge in [-0.2, -0.15) is 5.26 Å². The van der Waals surface area contributed by atoms with Crippen LogP contribution in [0.5, 0.6) is 0 Å². The molecular formula is C15H19NO. The number of nitrogens with zero attached hydrogens (tertiary/aromatic N) is 1. The molecule has 17 heavy (non-hydrogen) atoms. The van der Waals surface area contributed by atoms with Gasteiger partial charge in [-0.1, -0.05) is 45.0 Å². The fraction of sp³-hybridized carbons (Fsp3) is 0.467. The highest BCUT2D eigenvalue weighted by molar-refractivity contribution is 5.86. The average molecular weight is 229 g/mol. The number of nitriles is 1. The number of carbonyl (C=O) groups excluding carboxylic acids is 1. The van der Waals surface area contributed by atoms with Crippen LogP contribution in [0.3, 0.4) is 0 Å². The molecule has 90 valence electrons. The first-order valence-electron chi connectivity index (χ1n) is 6.03. The van der Waals surface area contributed by atoms with Crippen LogP contribution in [0.4, 0.5) is 0 Å². The van der Waals surface area contributed by atoms with E-state index in [1.807, 2.05) is 25.1 Å². The van der Waals surface area contributed by atoms with Crippen molar-refractivity contribution in [2.45, 2.75) is 39.5 Å². The summed E-state index contributed by atoms with van der Waals surface area (Å²) in [6.07, 6.45) is 1.05. The van der Waals surface area contributed by atoms with Gasteiger partial charge >= 0.3 is 0 Å². The molecule has 0 bridgehead atoms. The maximum Gasteiger partial charge on any atom is 0.154 e. The van der Waals surface area contributed by atoms with Gasteiger partial charge in [0.1, 0.15) is 0 Å². The smallest absolute Gasteiger partial charge is 0.154 e. The fourth-order valence-corrected chi connectivity index (χ4v) is 1.83. The monoisotopic (exact) mass is 229 g/mol. The second kappa shape index (κ2) is 6.20. The molecule has 0 heterocycles. The third kappa shape index (κ3) is 4.03. The summed E-state index contributed by atoms with van der Waals surface area (Å²) in [5.41, 5.74) is 2.29. The van der Waals surface area contributed by atoms with E-state index in [1.165, 1.54) is 5.56 Å². The van der Waals surface area contributed by atoms with Crippen molar-refractivity contribution < 1.29 is 4.79 Å². The number of hydrogen-bond acceptors (Lipinski definition) is 2. The van der Waals surface area contributed by atoms with E-state index >= 15 is 0 Å². The molecule has 0 aromatic heterocycles. The Morgan fingerprint density at radius 1 is 1.24 bits per heavy atom. The van der Waals surface area contributed by atoms with Crippen molar-refractivity contribution in [2.75, 3.05) is 0 Å². The summed E-state index contributed by atoms with van der Waals surface area (Å²) < 4.78 is 0. The second-order valence-corrected chi connectivity index (χ2v) is 4.86. The van der Waals surface area contributed by atoms with E-state index in [1.54, 1.807) is 0 Å². The summed E-state index contributed by atoms with van der Waals surface area (Å²) >= 11 is 0. The molecule has 2 heteroatoms. The van der Waals surface area contributed by atoms with Crippen LogP contribution < -0.4 is 0 Å². The molecule has 1 aromatic carbocycles. The van der Waals surface area contributed by atoms with Crippen molar-refractivity contribution >= 4 is 5.78 Å².